The molecule has 0 bridgehead atoms. The average molecular weight is 184 g/mol. The summed E-state index contributed by atoms with van der Waals surface area (Å²) in [6, 6.07) is 0. The van der Waals surface area contributed by atoms with Gasteiger partial charge in [-0.1, -0.05) is 51.7 Å². The summed E-state index contributed by atoms with van der Waals surface area (Å²) in [4.78, 5) is 0. The fourth-order valence-corrected chi connectivity index (χ4v) is 1.27. The van der Waals surface area contributed by atoms with Crippen molar-refractivity contribution >= 4 is 0 Å². The van der Waals surface area contributed by atoms with E-state index in [1.165, 1.54) is 25.7 Å². The van der Waals surface area contributed by atoms with Gasteiger partial charge in [0.1, 0.15) is 0 Å². The molecule has 0 saturated carbocycles. The van der Waals surface area contributed by atoms with Gasteiger partial charge < -0.3 is 5.11 Å². The molecule has 0 aliphatic heterocycles. The minimum absolute atomic E-state index is 0.207. The van der Waals surface area contributed by atoms with Crippen LogP contribution < -0.4 is 0 Å². The van der Waals surface area contributed by atoms with Crippen LogP contribution in [0.2, 0.25) is 0 Å². The third-order valence-corrected chi connectivity index (χ3v) is 2.19. The predicted octanol–water partition coefficient (Wildman–Crippen LogP) is 3.67. The molecule has 0 aliphatic carbocycles. The maximum atomic E-state index is 9.45. The Morgan fingerprint density at radius 3 is 2.38 bits per heavy atom. The summed E-state index contributed by atoms with van der Waals surface area (Å²) >= 11 is 0. The van der Waals surface area contributed by atoms with E-state index >= 15 is 0 Å². The highest BCUT2D eigenvalue weighted by molar-refractivity contribution is 4.88. The van der Waals surface area contributed by atoms with Gasteiger partial charge in [0.2, 0.25) is 0 Å². The van der Waals surface area contributed by atoms with Crippen molar-refractivity contribution in [3.8, 4) is 0 Å². The standard InChI is InChI=1S/C12H24O/c1-3-5-7-8-9-11-12(13)10-6-4-2/h9,11-13H,3-8,10H2,1-2H3/b11-9+. The molecule has 0 amide bonds. The normalized spacial score (nSPS) is 13.8. The van der Waals surface area contributed by atoms with Gasteiger partial charge in [0.05, 0.1) is 6.10 Å². The smallest absolute Gasteiger partial charge is 0.0720 e. The van der Waals surface area contributed by atoms with Crippen molar-refractivity contribution in [1.82, 2.24) is 0 Å². The summed E-state index contributed by atoms with van der Waals surface area (Å²) in [6.45, 7) is 4.36. The fraction of sp³-hybridized carbons (Fsp3) is 0.833. The van der Waals surface area contributed by atoms with Crippen molar-refractivity contribution < 1.29 is 5.11 Å². The van der Waals surface area contributed by atoms with E-state index in [2.05, 4.69) is 19.9 Å². The van der Waals surface area contributed by atoms with E-state index in [0.717, 1.165) is 19.3 Å². The third kappa shape index (κ3) is 9.62. The molecule has 0 aromatic carbocycles. The Bertz CT molecular complexity index is 118. The molecular weight excluding hydrogens is 160 g/mol. The molecule has 1 atom stereocenters. The number of unbranched alkanes of at least 4 members (excludes halogenated alkanes) is 4. The molecule has 0 saturated heterocycles. The lowest BCUT2D eigenvalue weighted by molar-refractivity contribution is 0.209. The highest BCUT2D eigenvalue weighted by Gasteiger charge is 1.95. The number of hydrogen-bond donors (Lipinski definition) is 1. The van der Waals surface area contributed by atoms with E-state index in [9.17, 15) is 5.11 Å². The zero-order valence-electron chi connectivity index (χ0n) is 9.13. The van der Waals surface area contributed by atoms with Crippen molar-refractivity contribution in [2.24, 2.45) is 0 Å². The van der Waals surface area contributed by atoms with E-state index in [4.69, 9.17) is 0 Å². The van der Waals surface area contributed by atoms with Crippen molar-refractivity contribution in [3.05, 3.63) is 12.2 Å². The quantitative estimate of drug-likeness (QED) is 0.451. The summed E-state index contributed by atoms with van der Waals surface area (Å²) in [5, 5.41) is 9.45. The molecule has 0 aromatic heterocycles. The molecule has 0 rings (SSSR count). The molecule has 0 heterocycles. The van der Waals surface area contributed by atoms with Gasteiger partial charge in [-0.05, 0) is 19.3 Å². The molecule has 0 fully saturated rings. The summed E-state index contributed by atoms with van der Waals surface area (Å²) in [5.41, 5.74) is 0. The predicted molar refractivity (Wildman–Crippen MR) is 58.8 cm³/mol. The second-order valence-corrected chi connectivity index (χ2v) is 3.63. The molecule has 0 aromatic rings. The number of rotatable bonds is 8. The van der Waals surface area contributed by atoms with Crippen LogP contribution in [0.4, 0.5) is 0 Å². The zero-order chi connectivity index (χ0) is 9.94. The maximum Gasteiger partial charge on any atom is 0.0720 e. The Morgan fingerprint density at radius 1 is 1.08 bits per heavy atom. The zero-order valence-corrected chi connectivity index (χ0v) is 9.13. The van der Waals surface area contributed by atoms with E-state index in [-0.39, 0.29) is 6.10 Å². The minimum atomic E-state index is -0.207. The molecule has 13 heavy (non-hydrogen) atoms. The van der Waals surface area contributed by atoms with Crippen LogP contribution in [0, 0.1) is 0 Å². The van der Waals surface area contributed by atoms with Gasteiger partial charge in [0.25, 0.3) is 0 Å². The SMILES string of the molecule is CCCCC/C=C/C(O)CCCC. The number of aliphatic hydroxyl groups excluding tert-OH is 1. The van der Waals surface area contributed by atoms with Crippen LogP contribution >= 0.6 is 0 Å². The van der Waals surface area contributed by atoms with Gasteiger partial charge in [-0.2, -0.15) is 0 Å². The molecule has 0 spiro atoms. The summed E-state index contributed by atoms with van der Waals surface area (Å²) in [5.74, 6) is 0. The first-order valence-electron chi connectivity index (χ1n) is 5.66. The molecule has 1 unspecified atom stereocenters. The Kier molecular flexibility index (Phi) is 9.56. The maximum absolute atomic E-state index is 9.45. The molecule has 78 valence electrons. The van der Waals surface area contributed by atoms with Crippen LogP contribution in [0.5, 0.6) is 0 Å². The van der Waals surface area contributed by atoms with Gasteiger partial charge >= 0.3 is 0 Å². The van der Waals surface area contributed by atoms with Gasteiger partial charge in [-0.25, -0.2) is 0 Å². The number of allylic oxidation sites excluding steroid dienone is 1. The minimum Gasteiger partial charge on any atom is -0.389 e. The van der Waals surface area contributed by atoms with Crippen LogP contribution in [0.3, 0.4) is 0 Å². The van der Waals surface area contributed by atoms with Crippen LogP contribution in [0.1, 0.15) is 58.8 Å². The second kappa shape index (κ2) is 9.79. The van der Waals surface area contributed by atoms with E-state index in [1.807, 2.05) is 6.08 Å². The van der Waals surface area contributed by atoms with Gasteiger partial charge in [0, 0.05) is 0 Å². The van der Waals surface area contributed by atoms with Crippen LogP contribution in [0.25, 0.3) is 0 Å². The van der Waals surface area contributed by atoms with E-state index in [1.54, 1.807) is 0 Å². The first-order valence-corrected chi connectivity index (χ1v) is 5.66. The molecule has 1 heteroatoms. The number of aliphatic hydroxyl groups is 1. The highest BCUT2D eigenvalue weighted by Crippen LogP contribution is 2.04. The van der Waals surface area contributed by atoms with Crippen LogP contribution in [0.15, 0.2) is 12.2 Å². The first-order chi connectivity index (χ1) is 6.31. The van der Waals surface area contributed by atoms with Crippen molar-refractivity contribution in [2.75, 3.05) is 0 Å². The summed E-state index contributed by atoms with van der Waals surface area (Å²) < 4.78 is 0. The van der Waals surface area contributed by atoms with Crippen molar-refractivity contribution in [1.29, 1.82) is 0 Å². The van der Waals surface area contributed by atoms with Crippen molar-refractivity contribution in [2.45, 2.75) is 64.9 Å². The number of hydrogen-bond acceptors (Lipinski definition) is 1. The summed E-state index contributed by atoms with van der Waals surface area (Å²) in [7, 11) is 0. The molecule has 0 radical (unpaired) electrons. The lowest BCUT2D eigenvalue weighted by Gasteiger charge is -2.02. The summed E-state index contributed by atoms with van der Waals surface area (Å²) in [6.07, 6.45) is 12.0. The second-order valence-electron chi connectivity index (χ2n) is 3.63. The van der Waals surface area contributed by atoms with Crippen LogP contribution in [-0.2, 0) is 0 Å². The van der Waals surface area contributed by atoms with Gasteiger partial charge in [-0.3, -0.25) is 0 Å². The lowest BCUT2D eigenvalue weighted by Crippen LogP contribution is -2.00. The molecule has 1 N–H and O–H groups in total. The Morgan fingerprint density at radius 2 is 1.77 bits per heavy atom. The average Bonchev–Trinajstić information content (AvgIpc) is 2.14. The van der Waals surface area contributed by atoms with Crippen molar-refractivity contribution in [3.63, 3.8) is 0 Å². The highest BCUT2D eigenvalue weighted by atomic mass is 16.3. The lowest BCUT2D eigenvalue weighted by atomic mass is 10.1. The van der Waals surface area contributed by atoms with Crippen LogP contribution in [-0.4, -0.2) is 11.2 Å². The van der Waals surface area contributed by atoms with E-state index < -0.39 is 0 Å². The largest absolute Gasteiger partial charge is 0.389 e. The molecular formula is C12H24O. The Balaban J connectivity index is 3.25. The topological polar surface area (TPSA) is 20.2 Å². The van der Waals surface area contributed by atoms with Gasteiger partial charge in [0.15, 0.2) is 0 Å². The fourth-order valence-electron chi connectivity index (χ4n) is 1.27. The molecule has 0 aliphatic rings. The monoisotopic (exact) mass is 184 g/mol. The van der Waals surface area contributed by atoms with Gasteiger partial charge in [-0.15, -0.1) is 0 Å². The molecule has 1 nitrogen and oxygen atoms in total. The van der Waals surface area contributed by atoms with E-state index in [0.29, 0.717) is 0 Å². The first kappa shape index (κ1) is 12.7. The Hall–Kier alpha value is -0.300. The third-order valence-electron chi connectivity index (χ3n) is 2.19. The Labute approximate surface area is 82.9 Å².